The van der Waals surface area contributed by atoms with Gasteiger partial charge in [-0.3, -0.25) is 4.79 Å². The Labute approximate surface area is 117 Å². The molecule has 6 nitrogen and oxygen atoms in total. The van der Waals surface area contributed by atoms with Crippen LogP contribution in [0.4, 0.5) is 0 Å². The van der Waals surface area contributed by atoms with Gasteiger partial charge >= 0.3 is 5.97 Å². The van der Waals surface area contributed by atoms with Crippen molar-refractivity contribution in [1.29, 1.82) is 0 Å². The molecule has 110 valence electrons. The summed E-state index contributed by atoms with van der Waals surface area (Å²) in [5, 5.41) is 11.0. The number of aliphatic carboxylic acids is 1. The van der Waals surface area contributed by atoms with Crippen LogP contribution < -0.4 is 5.32 Å². The maximum Gasteiger partial charge on any atom is 0.329 e. The van der Waals surface area contributed by atoms with Crippen LogP contribution in [0.1, 0.15) is 11.1 Å². The zero-order valence-electron chi connectivity index (χ0n) is 11.4. The molecule has 0 aliphatic heterocycles. The van der Waals surface area contributed by atoms with Crippen LogP contribution in [0.5, 0.6) is 0 Å². The number of hydrogen-bond acceptors (Lipinski definition) is 4. The average Bonchev–Trinajstić information content (AvgIpc) is 2.38. The van der Waals surface area contributed by atoms with Crippen molar-refractivity contribution in [2.75, 3.05) is 26.9 Å². The van der Waals surface area contributed by atoms with E-state index in [1.165, 1.54) is 0 Å². The molecule has 0 radical (unpaired) electrons. The molecule has 0 aliphatic rings. The first kappa shape index (κ1) is 16.1. The van der Waals surface area contributed by atoms with Crippen molar-refractivity contribution in [1.82, 2.24) is 5.32 Å². The summed E-state index contributed by atoms with van der Waals surface area (Å²) in [5.41, 5.74) is 1.92. The van der Waals surface area contributed by atoms with Crippen LogP contribution in [0.3, 0.4) is 0 Å². The standard InChI is InChI=1S/C14H19NO5/c1-19-9-12-4-2-3-11(7-12)8-13(16)15-5-6-20-10-14(17)18/h2-4,7H,5-6,8-10H2,1H3,(H,15,16)(H,17,18). The SMILES string of the molecule is COCc1cccc(CC(=O)NCCOCC(=O)O)c1. The molecule has 0 bridgehead atoms. The number of carboxylic acids is 1. The average molecular weight is 281 g/mol. The molecule has 0 aliphatic carbocycles. The summed E-state index contributed by atoms with van der Waals surface area (Å²) < 4.78 is 9.85. The van der Waals surface area contributed by atoms with E-state index in [1.54, 1.807) is 7.11 Å². The van der Waals surface area contributed by atoms with E-state index < -0.39 is 5.97 Å². The van der Waals surface area contributed by atoms with Crippen molar-refractivity contribution in [2.45, 2.75) is 13.0 Å². The minimum Gasteiger partial charge on any atom is -0.480 e. The van der Waals surface area contributed by atoms with E-state index in [4.69, 9.17) is 14.6 Å². The molecular formula is C14H19NO5. The number of hydrogen-bond donors (Lipinski definition) is 2. The molecule has 0 aromatic heterocycles. The van der Waals surface area contributed by atoms with Crippen molar-refractivity contribution >= 4 is 11.9 Å². The fourth-order valence-corrected chi connectivity index (χ4v) is 1.67. The summed E-state index contributed by atoms with van der Waals surface area (Å²) in [4.78, 5) is 21.9. The molecule has 1 aromatic carbocycles. The monoisotopic (exact) mass is 281 g/mol. The highest BCUT2D eigenvalue weighted by Gasteiger charge is 2.04. The molecule has 20 heavy (non-hydrogen) atoms. The number of benzene rings is 1. The Balaban J connectivity index is 2.27. The molecule has 0 atom stereocenters. The third kappa shape index (κ3) is 6.86. The highest BCUT2D eigenvalue weighted by molar-refractivity contribution is 5.78. The van der Waals surface area contributed by atoms with Crippen LogP contribution in [-0.4, -0.2) is 43.9 Å². The summed E-state index contributed by atoms with van der Waals surface area (Å²) in [7, 11) is 1.62. The lowest BCUT2D eigenvalue weighted by molar-refractivity contribution is -0.142. The van der Waals surface area contributed by atoms with Crippen molar-refractivity contribution in [3.05, 3.63) is 35.4 Å². The lowest BCUT2D eigenvalue weighted by Gasteiger charge is -2.07. The number of ether oxygens (including phenoxy) is 2. The number of carbonyl (C=O) groups is 2. The van der Waals surface area contributed by atoms with E-state index in [2.05, 4.69) is 5.32 Å². The zero-order chi connectivity index (χ0) is 14.8. The van der Waals surface area contributed by atoms with Gasteiger partial charge in [-0.15, -0.1) is 0 Å². The van der Waals surface area contributed by atoms with Gasteiger partial charge in [0.1, 0.15) is 6.61 Å². The normalized spacial score (nSPS) is 10.2. The molecule has 1 aromatic rings. The molecule has 0 saturated heterocycles. The van der Waals surface area contributed by atoms with Gasteiger partial charge in [-0.25, -0.2) is 4.79 Å². The Morgan fingerprint density at radius 2 is 2.05 bits per heavy atom. The molecular weight excluding hydrogens is 262 g/mol. The number of rotatable bonds is 9. The molecule has 6 heteroatoms. The molecule has 2 N–H and O–H groups in total. The first-order valence-corrected chi connectivity index (χ1v) is 6.25. The topological polar surface area (TPSA) is 84.9 Å². The van der Waals surface area contributed by atoms with Crippen molar-refractivity contribution in [3.8, 4) is 0 Å². The fourth-order valence-electron chi connectivity index (χ4n) is 1.67. The van der Waals surface area contributed by atoms with Crippen molar-refractivity contribution in [3.63, 3.8) is 0 Å². The van der Waals surface area contributed by atoms with Gasteiger partial charge in [0.05, 0.1) is 19.6 Å². The van der Waals surface area contributed by atoms with Crippen LogP contribution in [0.25, 0.3) is 0 Å². The van der Waals surface area contributed by atoms with Gasteiger partial charge in [0, 0.05) is 13.7 Å². The van der Waals surface area contributed by atoms with E-state index in [-0.39, 0.29) is 25.5 Å². The summed E-state index contributed by atoms with van der Waals surface area (Å²) in [6.45, 7) is 0.638. The Morgan fingerprint density at radius 1 is 1.30 bits per heavy atom. The zero-order valence-corrected chi connectivity index (χ0v) is 11.4. The van der Waals surface area contributed by atoms with Gasteiger partial charge in [0.2, 0.25) is 5.91 Å². The minimum absolute atomic E-state index is 0.126. The molecule has 0 saturated carbocycles. The first-order chi connectivity index (χ1) is 9.61. The maximum absolute atomic E-state index is 11.7. The van der Waals surface area contributed by atoms with Crippen LogP contribution in [0.15, 0.2) is 24.3 Å². The molecule has 1 amide bonds. The van der Waals surface area contributed by atoms with Gasteiger partial charge in [-0.1, -0.05) is 24.3 Å². The van der Waals surface area contributed by atoms with E-state index in [0.29, 0.717) is 13.2 Å². The Bertz CT molecular complexity index is 447. The number of carbonyl (C=O) groups excluding carboxylic acids is 1. The lowest BCUT2D eigenvalue weighted by Crippen LogP contribution is -2.29. The number of methoxy groups -OCH3 is 1. The first-order valence-electron chi connectivity index (χ1n) is 6.25. The smallest absolute Gasteiger partial charge is 0.329 e. The van der Waals surface area contributed by atoms with Gasteiger partial charge < -0.3 is 19.9 Å². The van der Waals surface area contributed by atoms with E-state index in [9.17, 15) is 9.59 Å². The Morgan fingerprint density at radius 3 is 2.75 bits per heavy atom. The second kappa shape index (κ2) is 9.06. The minimum atomic E-state index is -1.02. The fraction of sp³-hybridized carbons (Fsp3) is 0.429. The summed E-state index contributed by atoms with van der Waals surface area (Å²) in [5.74, 6) is -1.15. The highest BCUT2D eigenvalue weighted by Crippen LogP contribution is 2.07. The molecule has 0 heterocycles. The van der Waals surface area contributed by atoms with Gasteiger partial charge in [0.25, 0.3) is 0 Å². The lowest BCUT2D eigenvalue weighted by atomic mass is 10.1. The van der Waals surface area contributed by atoms with Crippen LogP contribution >= 0.6 is 0 Å². The number of amides is 1. The van der Waals surface area contributed by atoms with E-state index in [0.717, 1.165) is 11.1 Å². The van der Waals surface area contributed by atoms with Crippen LogP contribution in [-0.2, 0) is 32.1 Å². The Kier molecular flexibility index (Phi) is 7.31. The van der Waals surface area contributed by atoms with Gasteiger partial charge in [0.15, 0.2) is 0 Å². The van der Waals surface area contributed by atoms with Gasteiger partial charge in [-0.05, 0) is 11.1 Å². The van der Waals surface area contributed by atoms with E-state index >= 15 is 0 Å². The Hall–Kier alpha value is -1.92. The molecule has 1 rings (SSSR count). The third-order valence-electron chi connectivity index (χ3n) is 2.46. The molecule has 0 unspecified atom stereocenters. The van der Waals surface area contributed by atoms with Crippen LogP contribution in [0, 0.1) is 0 Å². The highest BCUT2D eigenvalue weighted by atomic mass is 16.5. The third-order valence-corrected chi connectivity index (χ3v) is 2.46. The second-order valence-corrected chi connectivity index (χ2v) is 4.23. The van der Waals surface area contributed by atoms with Gasteiger partial charge in [-0.2, -0.15) is 0 Å². The van der Waals surface area contributed by atoms with Crippen molar-refractivity contribution in [2.24, 2.45) is 0 Å². The van der Waals surface area contributed by atoms with Crippen molar-refractivity contribution < 1.29 is 24.2 Å². The quantitative estimate of drug-likeness (QED) is 0.647. The largest absolute Gasteiger partial charge is 0.480 e. The summed E-state index contributed by atoms with van der Waals surface area (Å²) in [6.07, 6.45) is 0.274. The second-order valence-electron chi connectivity index (χ2n) is 4.23. The van der Waals surface area contributed by atoms with E-state index in [1.807, 2.05) is 24.3 Å². The van der Waals surface area contributed by atoms with Crippen LogP contribution in [0.2, 0.25) is 0 Å². The molecule has 0 fully saturated rings. The predicted octanol–water partition coefficient (Wildman–Crippen LogP) is 0.593. The summed E-state index contributed by atoms with van der Waals surface area (Å²) >= 11 is 0. The number of nitrogens with one attached hydrogen (secondary N) is 1. The summed E-state index contributed by atoms with van der Waals surface area (Å²) in [6, 6.07) is 7.61. The number of carboxylic acid groups (broad SMARTS) is 1. The maximum atomic E-state index is 11.7. The predicted molar refractivity (Wildman–Crippen MR) is 72.3 cm³/mol. The molecule has 0 spiro atoms.